The molecule has 0 aliphatic carbocycles. The SMILES string of the molecule is COC(=O)c1cccc(N2C(=O)C(O)=C(C(=O)C(C)(C)C)C2c2ccc(N(C)C)cc2)c1. The summed E-state index contributed by atoms with van der Waals surface area (Å²) in [6.07, 6.45) is 0. The lowest BCUT2D eigenvalue weighted by molar-refractivity contribution is -0.123. The number of anilines is 2. The molecule has 7 heteroatoms. The van der Waals surface area contributed by atoms with Crippen LogP contribution in [0.1, 0.15) is 42.7 Å². The minimum atomic E-state index is -0.835. The second-order valence-corrected chi connectivity index (χ2v) is 8.95. The molecule has 0 saturated heterocycles. The Kier molecular flexibility index (Phi) is 6.12. The topological polar surface area (TPSA) is 87.1 Å². The highest BCUT2D eigenvalue weighted by atomic mass is 16.5. The number of Topliss-reactive ketones (excluding diaryl/α,β-unsaturated/α-hetero) is 1. The number of ketones is 1. The molecule has 32 heavy (non-hydrogen) atoms. The quantitative estimate of drug-likeness (QED) is 0.712. The molecule has 3 rings (SSSR count). The molecule has 1 aliphatic heterocycles. The van der Waals surface area contributed by atoms with Gasteiger partial charge in [0.05, 0.1) is 24.3 Å². The number of carbonyl (C=O) groups excluding carboxylic acids is 3. The van der Waals surface area contributed by atoms with Crippen molar-refractivity contribution in [2.45, 2.75) is 26.8 Å². The van der Waals surface area contributed by atoms with Crippen LogP contribution in [-0.2, 0) is 14.3 Å². The van der Waals surface area contributed by atoms with Gasteiger partial charge in [-0.05, 0) is 35.9 Å². The van der Waals surface area contributed by atoms with Crippen LogP contribution in [-0.4, -0.2) is 44.0 Å². The van der Waals surface area contributed by atoms with Crippen molar-refractivity contribution in [3.63, 3.8) is 0 Å². The van der Waals surface area contributed by atoms with E-state index in [0.29, 0.717) is 11.3 Å². The number of methoxy groups -OCH3 is 1. The summed E-state index contributed by atoms with van der Waals surface area (Å²) in [6.45, 7) is 5.23. The van der Waals surface area contributed by atoms with Crippen LogP contribution < -0.4 is 9.80 Å². The number of hydrogen-bond acceptors (Lipinski definition) is 6. The molecular formula is C25H28N2O5. The summed E-state index contributed by atoms with van der Waals surface area (Å²) in [6, 6.07) is 13.0. The number of benzene rings is 2. The van der Waals surface area contributed by atoms with E-state index in [9.17, 15) is 19.5 Å². The van der Waals surface area contributed by atoms with E-state index in [2.05, 4.69) is 0 Å². The van der Waals surface area contributed by atoms with Gasteiger partial charge < -0.3 is 14.7 Å². The molecule has 1 N–H and O–H groups in total. The highest BCUT2D eigenvalue weighted by Crippen LogP contribution is 2.43. The Morgan fingerprint density at radius 3 is 2.22 bits per heavy atom. The zero-order chi connectivity index (χ0) is 23.8. The van der Waals surface area contributed by atoms with E-state index in [-0.39, 0.29) is 16.9 Å². The maximum absolute atomic E-state index is 13.3. The summed E-state index contributed by atoms with van der Waals surface area (Å²) in [4.78, 5) is 41.8. The van der Waals surface area contributed by atoms with E-state index in [0.717, 1.165) is 5.69 Å². The Morgan fingerprint density at radius 2 is 1.69 bits per heavy atom. The van der Waals surface area contributed by atoms with E-state index < -0.39 is 29.1 Å². The van der Waals surface area contributed by atoms with E-state index in [1.165, 1.54) is 18.1 Å². The number of ether oxygens (including phenoxy) is 1. The van der Waals surface area contributed by atoms with Crippen molar-refractivity contribution >= 4 is 29.0 Å². The fraction of sp³-hybridized carbons (Fsp3) is 0.320. The first-order valence-electron chi connectivity index (χ1n) is 10.2. The summed E-state index contributed by atoms with van der Waals surface area (Å²) >= 11 is 0. The van der Waals surface area contributed by atoms with Crippen molar-refractivity contribution in [2.75, 3.05) is 31.0 Å². The molecule has 1 unspecified atom stereocenters. The molecule has 1 aliphatic rings. The monoisotopic (exact) mass is 436 g/mol. The third-order valence-corrected chi connectivity index (χ3v) is 5.40. The Hall–Kier alpha value is -3.61. The zero-order valence-corrected chi connectivity index (χ0v) is 19.2. The van der Waals surface area contributed by atoms with Crippen LogP contribution in [0.4, 0.5) is 11.4 Å². The third kappa shape index (κ3) is 4.10. The largest absolute Gasteiger partial charge is 0.503 e. The minimum absolute atomic E-state index is 0.0450. The van der Waals surface area contributed by atoms with Gasteiger partial charge in [-0.2, -0.15) is 0 Å². The number of nitrogens with zero attached hydrogens (tertiary/aromatic N) is 2. The van der Waals surface area contributed by atoms with Gasteiger partial charge in [-0.25, -0.2) is 4.79 Å². The number of hydrogen-bond donors (Lipinski definition) is 1. The van der Waals surface area contributed by atoms with Crippen molar-refractivity contribution in [1.82, 2.24) is 0 Å². The van der Waals surface area contributed by atoms with Crippen LogP contribution in [0, 0.1) is 5.41 Å². The summed E-state index contributed by atoms with van der Waals surface area (Å²) in [5.74, 6) is -2.14. The normalized spacial score (nSPS) is 16.4. The van der Waals surface area contributed by atoms with Crippen molar-refractivity contribution in [2.24, 2.45) is 5.41 Å². The average molecular weight is 437 g/mol. The molecule has 1 amide bonds. The number of amides is 1. The number of aliphatic hydroxyl groups is 1. The fourth-order valence-corrected chi connectivity index (χ4v) is 3.68. The average Bonchev–Trinajstić information content (AvgIpc) is 3.02. The van der Waals surface area contributed by atoms with Crippen molar-refractivity contribution in [1.29, 1.82) is 0 Å². The predicted molar refractivity (Wildman–Crippen MR) is 123 cm³/mol. The summed E-state index contributed by atoms with van der Waals surface area (Å²) in [5, 5.41) is 10.8. The lowest BCUT2D eigenvalue weighted by Crippen LogP contribution is -2.33. The first-order chi connectivity index (χ1) is 15.0. The van der Waals surface area contributed by atoms with Gasteiger partial charge in [0, 0.05) is 30.9 Å². The van der Waals surface area contributed by atoms with Crippen LogP contribution in [0.2, 0.25) is 0 Å². The molecule has 2 aromatic rings. The van der Waals surface area contributed by atoms with Crippen LogP contribution in [0.5, 0.6) is 0 Å². The Labute approximate surface area is 187 Å². The smallest absolute Gasteiger partial charge is 0.337 e. The zero-order valence-electron chi connectivity index (χ0n) is 19.2. The van der Waals surface area contributed by atoms with Gasteiger partial charge in [-0.15, -0.1) is 0 Å². The maximum atomic E-state index is 13.3. The van der Waals surface area contributed by atoms with Crippen LogP contribution in [0.3, 0.4) is 0 Å². The summed E-state index contributed by atoms with van der Waals surface area (Å²) < 4.78 is 4.79. The first-order valence-corrected chi connectivity index (χ1v) is 10.2. The standard InChI is InChI=1S/C25H28N2O5/c1-25(2,3)22(29)19-20(15-10-12-17(13-11-15)26(4)5)27(23(30)21(19)28)18-9-7-8-16(14-18)24(31)32-6/h7-14,20,28H,1-6H3. The lowest BCUT2D eigenvalue weighted by Gasteiger charge is -2.29. The lowest BCUT2D eigenvalue weighted by atomic mass is 9.82. The van der Waals surface area contributed by atoms with Gasteiger partial charge in [0.1, 0.15) is 0 Å². The van der Waals surface area contributed by atoms with Crippen LogP contribution in [0.15, 0.2) is 59.9 Å². The molecule has 0 saturated carbocycles. The van der Waals surface area contributed by atoms with Gasteiger partial charge in [-0.1, -0.05) is 39.0 Å². The van der Waals surface area contributed by atoms with E-state index in [4.69, 9.17) is 4.74 Å². The van der Waals surface area contributed by atoms with Gasteiger partial charge in [0.2, 0.25) is 0 Å². The highest BCUT2D eigenvalue weighted by molar-refractivity contribution is 6.17. The van der Waals surface area contributed by atoms with Crippen molar-refractivity contribution < 1.29 is 24.2 Å². The molecule has 0 aromatic heterocycles. The molecule has 1 atom stereocenters. The predicted octanol–water partition coefficient (Wildman–Crippen LogP) is 4.05. The van der Waals surface area contributed by atoms with E-state index >= 15 is 0 Å². The van der Waals surface area contributed by atoms with E-state index in [1.54, 1.807) is 39.0 Å². The maximum Gasteiger partial charge on any atom is 0.337 e. The second-order valence-electron chi connectivity index (χ2n) is 8.95. The molecule has 1 heterocycles. The molecule has 2 aromatic carbocycles. The second kappa shape index (κ2) is 8.49. The minimum Gasteiger partial charge on any atom is -0.503 e. The molecule has 0 bridgehead atoms. The van der Waals surface area contributed by atoms with Crippen molar-refractivity contribution in [3.05, 3.63) is 71.0 Å². The molecular weight excluding hydrogens is 408 g/mol. The van der Waals surface area contributed by atoms with Crippen molar-refractivity contribution in [3.8, 4) is 0 Å². The number of aliphatic hydroxyl groups excluding tert-OH is 1. The molecule has 0 fully saturated rings. The number of esters is 1. The van der Waals surface area contributed by atoms with Gasteiger partial charge in [0.15, 0.2) is 11.5 Å². The highest BCUT2D eigenvalue weighted by Gasteiger charge is 2.46. The van der Waals surface area contributed by atoms with E-state index in [1.807, 2.05) is 43.3 Å². The Morgan fingerprint density at radius 1 is 1.06 bits per heavy atom. The molecule has 168 valence electrons. The van der Waals surface area contributed by atoms with Gasteiger partial charge in [-0.3, -0.25) is 14.5 Å². The first kappa shape index (κ1) is 23.1. The number of carbonyl (C=O) groups is 3. The Balaban J connectivity index is 2.19. The molecule has 0 spiro atoms. The molecule has 7 nitrogen and oxygen atoms in total. The summed E-state index contributed by atoms with van der Waals surface area (Å²) in [7, 11) is 5.11. The van der Waals surface area contributed by atoms with Gasteiger partial charge in [0.25, 0.3) is 5.91 Å². The van der Waals surface area contributed by atoms with Crippen LogP contribution >= 0.6 is 0 Å². The molecule has 0 radical (unpaired) electrons. The summed E-state index contributed by atoms with van der Waals surface area (Å²) in [5.41, 5.74) is 1.49. The van der Waals surface area contributed by atoms with Crippen LogP contribution in [0.25, 0.3) is 0 Å². The number of rotatable bonds is 5. The Bertz CT molecular complexity index is 1090. The third-order valence-electron chi connectivity index (χ3n) is 5.40. The fourth-order valence-electron chi connectivity index (χ4n) is 3.68. The van der Waals surface area contributed by atoms with Gasteiger partial charge >= 0.3 is 5.97 Å².